The molecule has 6 nitrogen and oxygen atoms in total. The summed E-state index contributed by atoms with van der Waals surface area (Å²) in [5.74, 6) is -0.279. The average molecular weight is 327 g/mol. The van der Waals surface area contributed by atoms with Gasteiger partial charge in [0.1, 0.15) is 5.82 Å². The minimum absolute atomic E-state index is 0.200. The largest absolute Gasteiger partial charge is 0.392 e. The second-order valence-electron chi connectivity index (χ2n) is 5.10. The SMILES string of the molecule is O=C(NCc1ccc(F)c(CO)c1)c1ccc(-c2ncon2)cc1. The molecule has 0 aliphatic heterocycles. The van der Waals surface area contributed by atoms with Crippen molar-refractivity contribution in [2.75, 3.05) is 0 Å². The highest BCUT2D eigenvalue weighted by atomic mass is 19.1. The van der Waals surface area contributed by atoms with E-state index in [9.17, 15) is 9.18 Å². The smallest absolute Gasteiger partial charge is 0.251 e. The van der Waals surface area contributed by atoms with Crippen LogP contribution in [0.1, 0.15) is 21.5 Å². The Kier molecular flexibility index (Phi) is 4.62. The summed E-state index contributed by atoms with van der Waals surface area (Å²) in [6.07, 6.45) is 1.24. The number of rotatable bonds is 5. The number of aliphatic hydroxyl groups is 1. The number of carbonyl (C=O) groups excluding carboxylic acids is 1. The molecule has 0 saturated carbocycles. The maximum Gasteiger partial charge on any atom is 0.251 e. The molecular weight excluding hydrogens is 313 g/mol. The molecule has 7 heteroatoms. The van der Waals surface area contributed by atoms with Crippen molar-refractivity contribution >= 4 is 5.91 Å². The Labute approximate surface area is 136 Å². The van der Waals surface area contributed by atoms with Gasteiger partial charge in [0, 0.05) is 23.2 Å². The van der Waals surface area contributed by atoms with Gasteiger partial charge in [-0.25, -0.2) is 4.39 Å². The van der Waals surface area contributed by atoms with E-state index in [2.05, 4.69) is 20.0 Å². The zero-order valence-electron chi connectivity index (χ0n) is 12.6. The highest BCUT2D eigenvalue weighted by molar-refractivity contribution is 5.94. The summed E-state index contributed by atoms with van der Waals surface area (Å²) in [7, 11) is 0. The molecule has 3 rings (SSSR count). The Morgan fingerprint density at radius 1 is 1.21 bits per heavy atom. The number of hydrogen-bond donors (Lipinski definition) is 2. The van der Waals surface area contributed by atoms with Crippen LogP contribution in [-0.4, -0.2) is 21.2 Å². The molecule has 0 spiro atoms. The molecular formula is C17H14FN3O3. The maximum atomic E-state index is 13.3. The molecule has 2 aromatic carbocycles. The zero-order valence-corrected chi connectivity index (χ0v) is 12.6. The predicted octanol–water partition coefficient (Wildman–Crippen LogP) is 2.30. The molecule has 0 saturated heterocycles. The Balaban J connectivity index is 1.65. The number of hydrogen-bond acceptors (Lipinski definition) is 5. The highest BCUT2D eigenvalue weighted by Gasteiger charge is 2.09. The lowest BCUT2D eigenvalue weighted by atomic mass is 10.1. The van der Waals surface area contributed by atoms with Crippen LogP contribution in [0.5, 0.6) is 0 Å². The van der Waals surface area contributed by atoms with E-state index < -0.39 is 5.82 Å². The summed E-state index contributed by atoms with van der Waals surface area (Å²) in [6.45, 7) is -0.149. The summed E-state index contributed by atoms with van der Waals surface area (Å²) in [5, 5.41) is 15.5. The number of benzene rings is 2. The molecule has 0 radical (unpaired) electrons. The third-order valence-corrected chi connectivity index (χ3v) is 3.50. The van der Waals surface area contributed by atoms with Crippen LogP contribution in [0.15, 0.2) is 53.4 Å². The highest BCUT2D eigenvalue weighted by Crippen LogP contribution is 2.15. The van der Waals surface area contributed by atoms with E-state index in [0.29, 0.717) is 17.0 Å². The van der Waals surface area contributed by atoms with E-state index in [1.165, 1.54) is 18.5 Å². The molecule has 0 unspecified atom stereocenters. The molecule has 3 aromatic rings. The van der Waals surface area contributed by atoms with Crippen LogP contribution in [0.2, 0.25) is 0 Å². The van der Waals surface area contributed by atoms with Crippen LogP contribution in [0.3, 0.4) is 0 Å². The first-order valence-corrected chi connectivity index (χ1v) is 7.20. The van der Waals surface area contributed by atoms with Crippen LogP contribution < -0.4 is 5.32 Å². The summed E-state index contributed by atoms with van der Waals surface area (Å²) in [5.41, 5.74) is 2.13. The Morgan fingerprint density at radius 2 is 2.00 bits per heavy atom. The Morgan fingerprint density at radius 3 is 2.67 bits per heavy atom. The number of carbonyl (C=O) groups is 1. The molecule has 0 aliphatic carbocycles. The van der Waals surface area contributed by atoms with Crippen molar-refractivity contribution in [2.45, 2.75) is 13.2 Å². The number of halogens is 1. The van der Waals surface area contributed by atoms with Gasteiger partial charge in [0.25, 0.3) is 5.91 Å². The van der Waals surface area contributed by atoms with Gasteiger partial charge in [0.05, 0.1) is 6.61 Å². The van der Waals surface area contributed by atoms with Gasteiger partial charge in [-0.1, -0.05) is 23.4 Å². The molecule has 1 heterocycles. The van der Waals surface area contributed by atoms with Gasteiger partial charge in [0.2, 0.25) is 12.2 Å². The van der Waals surface area contributed by atoms with Gasteiger partial charge in [-0.2, -0.15) is 4.98 Å². The van der Waals surface area contributed by atoms with Crippen molar-refractivity contribution in [1.29, 1.82) is 0 Å². The van der Waals surface area contributed by atoms with Crippen molar-refractivity contribution in [2.24, 2.45) is 0 Å². The van der Waals surface area contributed by atoms with E-state index in [1.807, 2.05) is 0 Å². The van der Waals surface area contributed by atoms with E-state index in [-0.39, 0.29) is 24.6 Å². The minimum atomic E-state index is -0.468. The summed E-state index contributed by atoms with van der Waals surface area (Å²) >= 11 is 0. The fraction of sp³-hybridized carbons (Fsp3) is 0.118. The lowest BCUT2D eigenvalue weighted by Crippen LogP contribution is -2.22. The van der Waals surface area contributed by atoms with Crippen LogP contribution in [-0.2, 0) is 13.2 Å². The zero-order chi connectivity index (χ0) is 16.9. The molecule has 0 fully saturated rings. The lowest BCUT2D eigenvalue weighted by Gasteiger charge is -2.07. The Bertz CT molecular complexity index is 833. The first-order chi connectivity index (χ1) is 11.7. The van der Waals surface area contributed by atoms with Gasteiger partial charge < -0.3 is 14.9 Å². The van der Waals surface area contributed by atoms with E-state index in [4.69, 9.17) is 5.11 Å². The van der Waals surface area contributed by atoms with Crippen molar-refractivity contribution in [1.82, 2.24) is 15.5 Å². The first kappa shape index (κ1) is 15.8. The standard InChI is InChI=1S/C17H14FN3O3/c18-15-6-1-11(7-14(15)9-22)8-19-17(23)13-4-2-12(3-5-13)16-20-10-24-21-16/h1-7,10,22H,8-9H2,(H,19,23). The van der Waals surface area contributed by atoms with E-state index in [1.54, 1.807) is 30.3 Å². The summed E-state index contributed by atoms with van der Waals surface area (Å²) in [4.78, 5) is 16.1. The van der Waals surface area contributed by atoms with Crippen LogP contribution in [0.4, 0.5) is 4.39 Å². The third kappa shape index (κ3) is 3.47. The van der Waals surface area contributed by atoms with E-state index in [0.717, 1.165) is 5.56 Å². The summed E-state index contributed by atoms with van der Waals surface area (Å²) < 4.78 is 18.0. The molecule has 122 valence electrons. The monoisotopic (exact) mass is 327 g/mol. The van der Waals surface area contributed by atoms with Crippen molar-refractivity contribution in [3.63, 3.8) is 0 Å². The van der Waals surface area contributed by atoms with Crippen molar-refractivity contribution in [3.05, 3.63) is 71.4 Å². The second-order valence-corrected chi connectivity index (χ2v) is 5.10. The van der Waals surface area contributed by atoms with Crippen molar-refractivity contribution in [3.8, 4) is 11.4 Å². The van der Waals surface area contributed by atoms with Crippen LogP contribution in [0.25, 0.3) is 11.4 Å². The fourth-order valence-electron chi connectivity index (χ4n) is 2.21. The predicted molar refractivity (Wildman–Crippen MR) is 83.2 cm³/mol. The number of nitrogens with zero attached hydrogens (tertiary/aromatic N) is 2. The number of aliphatic hydroxyl groups excluding tert-OH is 1. The molecule has 2 N–H and O–H groups in total. The normalized spacial score (nSPS) is 10.6. The van der Waals surface area contributed by atoms with Crippen LogP contribution in [0, 0.1) is 5.82 Å². The van der Waals surface area contributed by atoms with Gasteiger partial charge in [-0.05, 0) is 29.8 Å². The Hall–Kier alpha value is -3.06. The van der Waals surface area contributed by atoms with E-state index >= 15 is 0 Å². The van der Waals surface area contributed by atoms with Gasteiger partial charge in [0.15, 0.2) is 0 Å². The third-order valence-electron chi connectivity index (χ3n) is 3.50. The number of aromatic nitrogens is 2. The number of nitrogens with one attached hydrogen (secondary N) is 1. The molecule has 1 amide bonds. The first-order valence-electron chi connectivity index (χ1n) is 7.20. The molecule has 0 aliphatic rings. The topological polar surface area (TPSA) is 88.2 Å². The lowest BCUT2D eigenvalue weighted by molar-refractivity contribution is 0.0951. The molecule has 24 heavy (non-hydrogen) atoms. The second kappa shape index (κ2) is 7.01. The van der Waals surface area contributed by atoms with Gasteiger partial charge in [-0.3, -0.25) is 4.79 Å². The average Bonchev–Trinajstić information content (AvgIpc) is 3.15. The quantitative estimate of drug-likeness (QED) is 0.751. The summed E-state index contributed by atoms with van der Waals surface area (Å²) in [6, 6.07) is 11.1. The molecule has 0 bridgehead atoms. The van der Waals surface area contributed by atoms with Crippen molar-refractivity contribution < 1.29 is 18.8 Å². The molecule has 1 aromatic heterocycles. The van der Waals surface area contributed by atoms with Crippen LogP contribution >= 0.6 is 0 Å². The van der Waals surface area contributed by atoms with Gasteiger partial charge >= 0.3 is 0 Å². The number of amides is 1. The molecule has 0 atom stereocenters. The minimum Gasteiger partial charge on any atom is -0.392 e. The van der Waals surface area contributed by atoms with Gasteiger partial charge in [-0.15, -0.1) is 0 Å². The maximum absolute atomic E-state index is 13.3. The fourth-order valence-corrected chi connectivity index (χ4v) is 2.21.